The average Bonchev–Trinajstić information content (AvgIpc) is 3.33. The van der Waals surface area contributed by atoms with Crippen LogP contribution < -0.4 is 4.90 Å². The van der Waals surface area contributed by atoms with Crippen LogP contribution in [0.15, 0.2) is 17.8 Å². The van der Waals surface area contributed by atoms with E-state index in [1.54, 1.807) is 4.90 Å². The van der Waals surface area contributed by atoms with Gasteiger partial charge in [-0.2, -0.15) is 13.2 Å². The summed E-state index contributed by atoms with van der Waals surface area (Å²) in [5.74, 6) is -0.0298. The molecule has 0 saturated carbocycles. The van der Waals surface area contributed by atoms with Gasteiger partial charge < -0.3 is 9.74 Å². The lowest BCUT2D eigenvalue weighted by Crippen LogP contribution is -2.51. The molecular weight excluding hydrogens is 461 g/mol. The van der Waals surface area contributed by atoms with E-state index < -0.39 is 11.7 Å². The van der Waals surface area contributed by atoms with E-state index in [1.807, 2.05) is 12.3 Å². The highest BCUT2D eigenvalue weighted by atomic mass is 32.1. The Morgan fingerprint density at radius 3 is 2.59 bits per heavy atom. The maximum absolute atomic E-state index is 12.6. The second kappa shape index (κ2) is 8.91. The van der Waals surface area contributed by atoms with Crippen molar-refractivity contribution in [3.63, 3.8) is 0 Å². The number of aromatic nitrogens is 4. The molecule has 3 aromatic heterocycles. The van der Waals surface area contributed by atoms with Gasteiger partial charge in [0.15, 0.2) is 0 Å². The van der Waals surface area contributed by atoms with E-state index in [-0.39, 0.29) is 30.6 Å². The molecule has 0 aliphatic carbocycles. The molecule has 4 heterocycles. The van der Waals surface area contributed by atoms with Gasteiger partial charge in [0.25, 0.3) is 6.54 Å². The Kier molecular flexibility index (Phi) is 6.21. The van der Waals surface area contributed by atoms with E-state index in [9.17, 15) is 18.0 Å². The Morgan fingerprint density at radius 2 is 1.97 bits per heavy atom. The van der Waals surface area contributed by atoms with Gasteiger partial charge in [0.1, 0.15) is 16.5 Å². The van der Waals surface area contributed by atoms with Gasteiger partial charge in [-0.15, -0.1) is 22.7 Å². The fraction of sp³-hybridized carbons (Fsp3) is 0.400. The standard InChI is InChI=1S/C20H17F3N6OS2/c1-3-16-27-13(7-24-2)18(32-16)14-10-31-17(28-14)4-15(30)11-8-29(9-11)19-25-5-12(6-26-19)20(21,22)23/h5-6,10-11H,3-4,7-9H2,1H3. The molecule has 0 N–H and O–H groups in total. The van der Waals surface area contributed by atoms with Crippen molar-refractivity contribution in [3.05, 3.63) is 50.5 Å². The Labute approximate surface area is 189 Å². The zero-order chi connectivity index (χ0) is 22.9. The van der Waals surface area contributed by atoms with Crippen molar-refractivity contribution >= 4 is 34.4 Å². The Balaban J connectivity index is 1.36. The van der Waals surface area contributed by atoms with Crippen molar-refractivity contribution in [2.24, 2.45) is 5.92 Å². The third kappa shape index (κ3) is 4.63. The zero-order valence-corrected chi connectivity index (χ0v) is 18.5. The first kappa shape index (κ1) is 22.3. The molecule has 0 bridgehead atoms. The van der Waals surface area contributed by atoms with E-state index in [4.69, 9.17) is 6.57 Å². The van der Waals surface area contributed by atoms with Crippen LogP contribution in [0, 0.1) is 12.5 Å². The fourth-order valence-corrected chi connectivity index (χ4v) is 5.04. The second-order valence-corrected chi connectivity index (χ2v) is 9.22. The monoisotopic (exact) mass is 478 g/mol. The fourth-order valence-electron chi connectivity index (χ4n) is 3.20. The lowest BCUT2D eigenvalue weighted by Gasteiger charge is -2.38. The summed E-state index contributed by atoms with van der Waals surface area (Å²) in [5.41, 5.74) is 0.554. The first-order valence-corrected chi connectivity index (χ1v) is 11.4. The summed E-state index contributed by atoms with van der Waals surface area (Å²) < 4.78 is 37.9. The minimum atomic E-state index is -4.48. The van der Waals surface area contributed by atoms with Gasteiger partial charge in [0.2, 0.25) is 5.95 Å². The Morgan fingerprint density at radius 1 is 1.25 bits per heavy atom. The highest BCUT2D eigenvalue weighted by molar-refractivity contribution is 7.16. The summed E-state index contributed by atoms with van der Waals surface area (Å²) in [6.07, 6.45) is -2.01. The number of carbonyl (C=O) groups is 1. The van der Waals surface area contributed by atoms with Gasteiger partial charge in [-0.25, -0.2) is 26.5 Å². The molecule has 1 aliphatic rings. The minimum absolute atomic E-state index is 0.0222. The van der Waals surface area contributed by atoms with Gasteiger partial charge in [0.05, 0.1) is 33.5 Å². The van der Waals surface area contributed by atoms with E-state index in [0.717, 1.165) is 40.1 Å². The van der Waals surface area contributed by atoms with Crippen LogP contribution in [-0.2, 0) is 30.4 Å². The second-order valence-electron chi connectivity index (χ2n) is 7.19. The van der Waals surface area contributed by atoms with E-state index in [2.05, 4.69) is 24.8 Å². The number of Topliss-reactive ketones (excluding diaryl/α,β-unsaturated/α-hetero) is 1. The van der Waals surface area contributed by atoms with Gasteiger partial charge in [0, 0.05) is 30.9 Å². The van der Waals surface area contributed by atoms with Gasteiger partial charge >= 0.3 is 6.18 Å². The smallest absolute Gasteiger partial charge is 0.339 e. The van der Waals surface area contributed by atoms with Crippen LogP contribution >= 0.6 is 22.7 Å². The van der Waals surface area contributed by atoms with Crippen LogP contribution in [-0.4, -0.2) is 38.8 Å². The lowest BCUT2D eigenvalue weighted by atomic mass is 9.94. The Hall–Kier alpha value is -2.91. The summed E-state index contributed by atoms with van der Waals surface area (Å²) in [4.78, 5) is 35.2. The number of hydrogen-bond acceptors (Lipinski definition) is 8. The summed E-state index contributed by atoms with van der Waals surface area (Å²) >= 11 is 2.91. The molecule has 32 heavy (non-hydrogen) atoms. The number of carbonyl (C=O) groups excluding carboxylic acids is 1. The summed E-state index contributed by atoms with van der Waals surface area (Å²) in [5, 5.41) is 3.52. The number of rotatable bonds is 7. The van der Waals surface area contributed by atoms with Crippen LogP contribution in [0.5, 0.6) is 0 Å². The summed E-state index contributed by atoms with van der Waals surface area (Å²) in [6, 6.07) is 0. The van der Waals surface area contributed by atoms with Crippen molar-refractivity contribution in [2.75, 3.05) is 18.0 Å². The third-order valence-corrected chi connectivity index (χ3v) is 7.08. The molecule has 0 amide bonds. The van der Waals surface area contributed by atoms with Gasteiger partial charge in [-0.3, -0.25) is 4.79 Å². The quantitative estimate of drug-likeness (QED) is 0.471. The van der Waals surface area contributed by atoms with Crippen LogP contribution in [0.2, 0.25) is 0 Å². The molecule has 1 saturated heterocycles. The number of nitrogens with zero attached hydrogens (tertiary/aromatic N) is 6. The SMILES string of the molecule is [C-]#[N+]Cc1nc(CC)sc1-c1csc(CC(=O)C2CN(c3ncc(C(F)(F)F)cn3)C2)n1. The Bertz CT molecular complexity index is 1160. The number of halogens is 3. The number of ketones is 1. The molecule has 166 valence electrons. The maximum Gasteiger partial charge on any atom is 0.419 e. The molecule has 1 aliphatic heterocycles. The topological polar surface area (TPSA) is 76.2 Å². The lowest BCUT2D eigenvalue weighted by molar-refractivity contribution is -0.138. The van der Waals surface area contributed by atoms with Crippen LogP contribution in [0.4, 0.5) is 19.1 Å². The molecule has 0 atom stereocenters. The number of aryl methyl sites for hydroxylation is 1. The molecule has 0 aromatic carbocycles. The molecule has 3 aromatic rings. The van der Waals surface area contributed by atoms with Gasteiger partial charge in [-0.05, 0) is 6.42 Å². The minimum Gasteiger partial charge on any atom is -0.339 e. The van der Waals surface area contributed by atoms with Crippen LogP contribution in [0.3, 0.4) is 0 Å². The van der Waals surface area contributed by atoms with E-state index in [0.29, 0.717) is 18.1 Å². The predicted molar refractivity (Wildman–Crippen MR) is 114 cm³/mol. The first-order chi connectivity index (χ1) is 15.3. The zero-order valence-electron chi connectivity index (χ0n) is 16.9. The van der Waals surface area contributed by atoms with Crippen molar-refractivity contribution in [2.45, 2.75) is 32.5 Å². The number of alkyl halides is 3. The van der Waals surface area contributed by atoms with Crippen molar-refractivity contribution in [1.82, 2.24) is 19.9 Å². The number of hydrogen-bond donors (Lipinski definition) is 0. The van der Waals surface area contributed by atoms with Crippen LogP contribution in [0.25, 0.3) is 15.4 Å². The maximum atomic E-state index is 12.6. The molecule has 12 heteroatoms. The molecule has 4 rings (SSSR count). The van der Waals surface area contributed by atoms with E-state index in [1.165, 1.54) is 22.7 Å². The van der Waals surface area contributed by atoms with Crippen molar-refractivity contribution in [3.8, 4) is 10.6 Å². The number of thiazole rings is 2. The summed E-state index contributed by atoms with van der Waals surface area (Å²) in [7, 11) is 0. The molecule has 0 spiro atoms. The van der Waals surface area contributed by atoms with Crippen LogP contribution in [0.1, 0.15) is 28.2 Å². The molecule has 0 unspecified atom stereocenters. The predicted octanol–water partition coefficient (Wildman–Crippen LogP) is 4.31. The summed E-state index contributed by atoms with van der Waals surface area (Å²) in [6.45, 7) is 10.1. The highest BCUT2D eigenvalue weighted by Gasteiger charge is 2.36. The van der Waals surface area contributed by atoms with Gasteiger partial charge in [-0.1, -0.05) is 6.92 Å². The average molecular weight is 479 g/mol. The number of anilines is 1. The third-order valence-electron chi connectivity index (χ3n) is 4.97. The molecular formula is C20H17F3N6OS2. The first-order valence-electron chi connectivity index (χ1n) is 9.72. The van der Waals surface area contributed by atoms with E-state index >= 15 is 0 Å². The molecule has 1 fully saturated rings. The van der Waals surface area contributed by atoms with Crippen molar-refractivity contribution < 1.29 is 18.0 Å². The largest absolute Gasteiger partial charge is 0.419 e. The van der Waals surface area contributed by atoms with Crippen molar-refractivity contribution in [1.29, 1.82) is 0 Å². The molecule has 0 radical (unpaired) electrons. The normalized spacial score (nSPS) is 14.3. The highest BCUT2D eigenvalue weighted by Crippen LogP contribution is 2.33. The molecule has 7 nitrogen and oxygen atoms in total.